The molecule has 0 saturated carbocycles. The molecule has 2 N–H and O–H groups in total. The van der Waals surface area contributed by atoms with Crippen molar-refractivity contribution in [1.29, 1.82) is 0 Å². The van der Waals surface area contributed by atoms with Crippen molar-refractivity contribution < 1.29 is 37.7 Å². The molecule has 0 fully saturated rings. The average Bonchev–Trinajstić information content (AvgIpc) is 2.85. The Balaban J connectivity index is 2.08. The van der Waals surface area contributed by atoms with Gasteiger partial charge in [0.25, 0.3) is 0 Å². The lowest BCUT2D eigenvalue weighted by atomic mass is 9.93. The van der Waals surface area contributed by atoms with E-state index < -0.39 is 29.8 Å². The number of nitrogens with one attached hydrogen (secondary N) is 1. The first-order valence-electron chi connectivity index (χ1n) is 11.6. The maximum Gasteiger partial charge on any atom is 0.412 e. The van der Waals surface area contributed by atoms with E-state index in [0.29, 0.717) is 36.8 Å². The van der Waals surface area contributed by atoms with E-state index in [2.05, 4.69) is 5.32 Å². The molecule has 194 valence electrons. The summed E-state index contributed by atoms with van der Waals surface area (Å²) < 4.78 is 43.0. The van der Waals surface area contributed by atoms with Gasteiger partial charge in [-0.05, 0) is 55.5 Å². The number of allylic oxidation sites excluding steroid dienone is 3. The second-order valence-corrected chi connectivity index (χ2v) is 7.81. The SMILES string of the molecule is CCOC(=O)/C=C/C=C/CC[C@H](C)[C@H](OC(=O)Nc1ccc(F)cc1F)c1ccc(OCCO)cc1. The zero-order valence-electron chi connectivity index (χ0n) is 20.3. The van der Waals surface area contributed by atoms with Crippen molar-refractivity contribution in [2.75, 3.05) is 25.1 Å². The highest BCUT2D eigenvalue weighted by Gasteiger charge is 2.24. The average molecular weight is 504 g/mol. The highest BCUT2D eigenvalue weighted by Crippen LogP contribution is 2.31. The topological polar surface area (TPSA) is 94.1 Å². The normalized spacial score (nSPS) is 12.9. The summed E-state index contributed by atoms with van der Waals surface area (Å²) in [6.07, 6.45) is 6.24. The second-order valence-electron chi connectivity index (χ2n) is 7.81. The maximum atomic E-state index is 14.0. The Morgan fingerprint density at radius 2 is 1.86 bits per heavy atom. The third kappa shape index (κ3) is 9.87. The molecule has 0 aliphatic heterocycles. The third-order valence-electron chi connectivity index (χ3n) is 5.04. The van der Waals surface area contributed by atoms with Crippen molar-refractivity contribution in [3.8, 4) is 5.75 Å². The Morgan fingerprint density at radius 3 is 2.53 bits per heavy atom. The molecule has 0 unspecified atom stereocenters. The van der Waals surface area contributed by atoms with Gasteiger partial charge in [-0.25, -0.2) is 18.4 Å². The lowest BCUT2D eigenvalue weighted by Crippen LogP contribution is -2.22. The smallest absolute Gasteiger partial charge is 0.412 e. The molecule has 9 heteroatoms. The van der Waals surface area contributed by atoms with E-state index in [9.17, 15) is 18.4 Å². The van der Waals surface area contributed by atoms with Crippen LogP contribution in [0.1, 0.15) is 38.4 Å². The Morgan fingerprint density at radius 1 is 1.11 bits per heavy atom. The van der Waals surface area contributed by atoms with Crippen molar-refractivity contribution >= 4 is 17.7 Å². The van der Waals surface area contributed by atoms with Crippen LogP contribution >= 0.6 is 0 Å². The molecule has 36 heavy (non-hydrogen) atoms. The summed E-state index contributed by atoms with van der Waals surface area (Å²) in [6, 6.07) is 9.72. The number of hydrogen-bond acceptors (Lipinski definition) is 6. The summed E-state index contributed by atoms with van der Waals surface area (Å²) in [6.45, 7) is 3.98. The highest BCUT2D eigenvalue weighted by atomic mass is 19.1. The van der Waals surface area contributed by atoms with Crippen molar-refractivity contribution in [3.05, 3.63) is 84.0 Å². The number of benzene rings is 2. The fourth-order valence-electron chi connectivity index (χ4n) is 3.29. The van der Waals surface area contributed by atoms with Gasteiger partial charge in [-0.1, -0.05) is 37.3 Å². The van der Waals surface area contributed by atoms with Crippen molar-refractivity contribution in [2.24, 2.45) is 5.92 Å². The van der Waals surface area contributed by atoms with Crippen LogP contribution < -0.4 is 10.1 Å². The number of anilines is 1. The van der Waals surface area contributed by atoms with Gasteiger partial charge >= 0.3 is 12.1 Å². The predicted molar refractivity (Wildman–Crippen MR) is 132 cm³/mol. The van der Waals surface area contributed by atoms with Gasteiger partial charge in [0.15, 0.2) is 0 Å². The van der Waals surface area contributed by atoms with E-state index in [1.165, 1.54) is 6.08 Å². The molecule has 0 aliphatic carbocycles. The summed E-state index contributed by atoms with van der Waals surface area (Å²) >= 11 is 0. The number of ether oxygens (including phenoxy) is 3. The molecule has 2 aromatic rings. The van der Waals surface area contributed by atoms with Gasteiger partial charge in [-0.3, -0.25) is 5.32 Å². The minimum absolute atomic E-state index is 0.118. The minimum atomic E-state index is -0.914. The van der Waals surface area contributed by atoms with Crippen LogP contribution in [0.3, 0.4) is 0 Å². The Labute approximate surface area is 209 Å². The lowest BCUT2D eigenvalue weighted by Gasteiger charge is -2.25. The van der Waals surface area contributed by atoms with E-state index in [4.69, 9.17) is 19.3 Å². The molecule has 0 saturated heterocycles. The van der Waals surface area contributed by atoms with Crippen LogP contribution in [0.4, 0.5) is 19.3 Å². The lowest BCUT2D eigenvalue weighted by molar-refractivity contribution is -0.137. The maximum absolute atomic E-state index is 14.0. The number of esters is 1. The first-order valence-corrected chi connectivity index (χ1v) is 11.6. The zero-order valence-corrected chi connectivity index (χ0v) is 20.3. The van der Waals surface area contributed by atoms with Gasteiger partial charge in [0.05, 0.1) is 18.9 Å². The highest BCUT2D eigenvalue weighted by molar-refractivity contribution is 5.85. The zero-order chi connectivity index (χ0) is 26.3. The number of aliphatic hydroxyl groups excluding tert-OH is 1. The Kier molecular flexibility index (Phi) is 12.1. The summed E-state index contributed by atoms with van der Waals surface area (Å²) in [5.41, 5.74) is 0.497. The van der Waals surface area contributed by atoms with Crippen LogP contribution in [0.15, 0.2) is 66.8 Å². The molecular formula is C27H31F2NO6. The van der Waals surface area contributed by atoms with Crippen LogP contribution in [0, 0.1) is 17.6 Å². The summed E-state index contributed by atoms with van der Waals surface area (Å²) in [5.74, 6) is -1.68. The van der Waals surface area contributed by atoms with Crippen LogP contribution in [0.5, 0.6) is 5.75 Å². The number of amides is 1. The summed E-state index contributed by atoms with van der Waals surface area (Å²) in [7, 11) is 0. The van der Waals surface area contributed by atoms with E-state index in [1.54, 1.807) is 43.3 Å². The predicted octanol–water partition coefficient (Wildman–Crippen LogP) is 5.72. The fraction of sp³-hybridized carbons (Fsp3) is 0.333. The summed E-state index contributed by atoms with van der Waals surface area (Å²) in [5, 5.41) is 11.2. The number of carbonyl (C=O) groups excluding carboxylic acids is 2. The summed E-state index contributed by atoms with van der Waals surface area (Å²) in [4.78, 5) is 23.9. The third-order valence-corrected chi connectivity index (χ3v) is 5.04. The number of rotatable bonds is 13. The van der Waals surface area contributed by atoms with Gasteiger partial charge < -0.3 is 19.3 Å². The van der Waals surface area contributed by atoms with Crippen LogP contribution in [-0.4, -0.2) is 37.0 Å². The van der Waals surface area contributed by atoms with E-state index in [0.717, 1.165) is 12.1 Å². The Hall–Kier alpha value is -3.72. The van der Waals surface area contributed by atoms with Gasteiger partial charge in [0, 0.05) is 12.1 Å². The quantitative estimate of drug-likeness (QED) is 0.206. The van der Waals surface area contributed by atoms with Gasteiger partial charge in [-0.2, -0.15) is 0 Å². The molecule has 7 nitrogen and oxygen atoms in total. The van der Waals surface area contributed by atoms with E-state index >= 15 is 0 Å². The van der Waals surface area contributed by atoms with Gasteiger partial charge in [-0.15, -0.1) is 0 Å². The molecule has 0 aromatic heterocycles. The standard InChI is InChI=1S/C27H31F2NO6/c1-3-34-25(32)9-7-5-4-6-8-19(2)26(20-10-13-22(14-11-20)35-17-16-31)36-27(33)30-24-15-12-21(28)18-23(24)29/h4-5,7,9-15,18-19,26,31H,3,6,8,16-17H2,1-2H3,(H,30,33)/b5-4+,9-7+/t19-,26-/m0/s1. The monoisotopic (exact) mass is 503 g/mol. The van der Waals surface area contributed by atoms with E-state index in [-0.39, 0.29) is 24.8 Å². The van der Waals surface area contributed by atoms with Crippen LogP contribution in [-0.2, 0) is 14.3 Å². The molecule has 2 rings (SSSR count). The molecule has 2 atom stereocenters. The number of halogens is 2. The number of carbonyl (C=O) groups is 2. The number of hydrogen-bond donors (Lipinski definition) is 2. The van der Waals surface area contributed by atoms with Crippen molar-refractivity contribution in [2.45, 2.75) is 32.8 Å². The first-order chi connectivity index (χ1) is 17.3. The molecule has 0 heterocycles. The largest absolute Gasteiger partial charge is 0.491 e. The fourth-order valence-corrected chi connectivity index (χ4v) is 3.29. The molecule has 1 amide bonds. The molecule has 0 bridgehead atoms. The molecule has 0 spiro atoms. The Bertz CT molecular complexity index is 1040. The van der Waals surface area contributed by atoms with Gasteiger partial charge in [0.1, 0.15) is 30.1 Å². The van der Waals surface area contributed by atoms with E-state index in [1.807, 2.05) is 13.0 Å². The molecular weight excluding hydrogens is 472 g/mol. The molecule has 0 radical (unpaired) electrons. The first kappa shape index (κ1) is 28.5. The van der Waals surface area contributed by atoms with Crippen LogP contribution in [0.2, 0.25) is 0 Å². The number of aliphatic hydroxyl groups is 1. The molecule has 0 aliphatic rings. The van der Waals surface area contributed by atoms with Crippen LogP contribution in [0.25, 0.3) is 0 Å². The van der Waals surface area contributed by atoms with Crippen molar-refractivity contribution in [1.82, 2.24) is 0 Å². The van der Waals surface area contributed by atoms with Crippen molar-refractivity contribution in [3.63, 3.8) is 0 Å². The van der Waals surface area contributed by atoms with Gasteiger partial charge in [0.2, 0.25) is 0 Å². The minimum Gasteiger partial charge on any atom is -0.491 e. The second kappa shape index (κ2) is 15.3. The molecule has 2 aromatic carbocycles.